The van der Waals surface area contributed by atoms with E-state index in [0.29, 0.717) is 6.04 Å². The smallest absolute Gasteiger partial charge is 0.191 e. The van der Waals surface area contributed by atoms with Gasteiger partial charge in [0, 0.05) is 50.2 Å². The van der Waals surface area contributed by atoms with E-state index in [-0.39, 0.29) is 0 Å². The first-order valence-electron chi connectivity index (χ1n) is 9.04. The van der Waals surface area contributed by atoms with Crippen LogP contribution >= 0.6 is 15.9 Å². The number of aliphatic imine (C=N–C) groups is 1. The first-order chi connectivity index (χ1) is 12.7. The molecule has 0 aliphatic carbocycles. The standard InChI is InChI=1S/C18H26BrN7/c1-3-17-24-22-13-26(17)11-9-21-18(20-2)23-14-8-10-25(12-14)16-7-5-4-6-15(16)19/h4-7,13-14H,3,8-12H2,1-2H3,(H2,20,21,23). The number of rotatable bonds is 6. The van der Waals surface area contributed by atoms with Gasteiger partial charge in [-0.2, -0.15) is 0 Å². The number of nitrogens with one attached hydrogen (secondary N) is 2. The van der Waals surface area contributed by atoms with Gasteiger partial charge in [0.25, 0.3) is 0 Å². The van der Waals surface area contributed by atoms with Crippen molar-refractivity contribution in [3.8, 4) is 0 Å². The quantitative estimate of drug-likeness (QED) is 0.553. The van der Waals surface area contributed by atoms with Crippen LogP contribution in [0.5, 0.6) is 0 Å². The lowest BCUT2D eigenvalue weighted by Gasteiger charge is -2.21. The first kappa shape index (κ1) is 18.7. The molecule has 1 aliphatic heterocycles. The van der Waals surface area contributed by atoms with E-state index in [9.17, 15) is 0 Å². The predicted molar refractivity (Wildman–Crippen MR) is 109 cm³/mol. The number of guanidine groups is 1. The Morgan fingerprint density at radius 1 is 1.38 bits per heavy atom. The molecule has 1 atom stereocenters. The molecule has 3 rings (SSSR count). The molecule has 1 fully saturated rings. The van der Waals surface area contributed by atoms with Crippen molar-refractivity contribution >= 4 is 27.6 Å². The van der Waals surface area contributed by atoms with Crippen molar-refractivity contribution in [1.82, 2.24) is 25.4 Å². The third-order valence-electron chi connectivity index (χ3n) is 4.60. The van der Waals surface area contributed by atoms with Crippen LogP contribution < -0.4 is 15.5 Å². The van der Waals surface area contributed by atoms with Gasteiger partial charge >= 0.3 is 0 Å². The van der Waals surface area contributed by atoms with Crippen LogP contribution in [0.15, 0.2) is 40.1 Å². The summed E-state index contributed by atoms with van der Waals surface area (Å²) in [6.07, 6.45) is 3.76. The summed E-state index contributed by atoms with van der Waals surface area (Å²) < 4.78 is 3.22. The summed E-state index contributed by atoms with van der Waals surface area (Å²) in [7, 11) is 1.81. The monoisotopic (exact) mass is 419 g/mol. The molecule has 0 saturated carbocycles. The second-order valence-corrected chi connectivity index (χ2v) is 7.17. The maximum absolute atomic E-state index is 4.35. The molecule has 26 heavy (non-hydrogen) atoms. The average molecular weight is 420 g/mol. The largest absolute Gasteiger partial charge is 0.368 e. The molecule has 1 unspecified atom stereocenters. The Kier molecular flexibility index (Phi) is 6.49. The topological polar surface area (TPSA) is 70.4 Å². The number of halogens is 1. The summed E-state index contributed by atoms with van der Waals surface area (Å²) in [5, 5.41) is 15.0. The van der Waals surface area contributed by atoms with E-state index >= 15 is 0 Å². The number of hydrogen-bond donors (Lipinski definition) is 2. The molecule has 8 heteroatoms. The molecule has 0 radical (unpaired) electrons. The van der Waals surface area contributed by atoms with Gasteiger partial charge in [-0.25, -0.2) is 0 Å². The van der Waals surface area contributed by atoms with Gasteiger partial charge in [-0.1, -0.05) is 19.1 Å². The lowest BCUT2D eigenvalue weighted by atomic mass is 10.3. The maximum Gasteiger partial charge on any atom is 0.191 e. The van der Waals surface area contributed by atoms with Crippen molar-refractivity contribution in [1.29, 1.82) is 0 Å². The number of para-hydroxylation sites is 1. The molecule has 1 saturated heterocycles. The molecule has 2 aromatic rings. The number of anilines is 1. The molecular weight excluding hydrogens is 394 g/mol. The molecule has 0 bridgehead atoms. The number of aryl methyl sites for hydroxylation is 1. The molecule has 2 heterocycles. The van der Waals surface area contributed by atoms with E-state index in [1.165, 1.54) is 5.69 Å². The van der Waals surface area contributed by atoms with Crippen LogP contribution in [0.4, 0.5) is 5.69 Å². The van der Waals surface area contributed by atoms with Crippen LogP contribution in [0.3, 0.4) is 0 Å². The molecule has 140 valence electrons. The van der Waals surface area contributed by atoms with Crippen LogP contribution in [-0.2, 0) is 13.0 Å². The van der Waals surface area contributed by atoms with Crippen LogP contribution in [0.1, 0.15) is 19.2 Å². The second-order valence-electron chi connectivity index (χ2n) is 6.32. The van der Waals surface area contributed by atoms with Gasteiger partial charge in [0.15, 0.2) is 5.96 Å². The summed E-state index contributed by atoms with van der Waals surface area (Å²) >= 11 is 3.64. The Balaban J connectivity index is 1.48. The molecule has 7 nitrogen and oxygen atoms in total. The van der Waals surface area contributed by atoms with Crippen molar-refractivity contribution in [2.75, 3.05) is 31.6 Å². The molecule has 0 spiro atoms. The minimum absolute atomic E-state index is 0.384. The highest BCUT2D eigenvalue weighted by Crippen LogP contribution is 2.28. The molecule has 2 N–H and O–H groups in total. The summed E-state index contributed by atoms with van der Waals surface area (Å²) in [5.74, 6) is 1.85. The van der Waals surface area contributed by atoms with Crippen molar-refractivity contribution in [3.05, 3.63) is 40.9 Å². The Morgan fingerprint density at radius 3 is 3.00 bits per heavy atom. The van der Waals surface area contributed by atoms with Crippen molar-refractivity contribution in [3.63, 3.8) is 0 Å². The van der Waals surface area contributed by atoms with Crippen LogP contribution in [0, 0.1) is 0 Å². The fourth-order valence-corrected chi connectivity index (χ4v) is 3.76. The van der Waals surface area contributed by atoms with Gasteiger partial charge in [0.1, 0.15) is 12.2 Å². The van der Waals surface area contributed by atoms with Gasteiger partial charge in [0.05, 0.1) is 5.69 Å². The van der Waals surface area contributed by atoms with Crippen molar-refractivity contribution < 1.29 is 0 Å². The third kappa shape index (κ3) is 4.55. The minimum Gasteiger partial charge on any atom is -0.368 e. The van der Waals surface area contributed by atoms with Crippen LogP contribution in [0.25, 0.3) is 0 Å². The van der Waals surface area contributed by atoms with E-state index in [1.807, 2.05) is 13.1 Å². The Morgan fingerprint density at radius 2 is 2.23 bits per heavy atom. The predicted octanol–water partition coefficient (Wildman–Crippen LogP) is 2.05. The van der Waals surface area contributed by atoms with E-state index in [1.54, 1.807) is 6.33 Å². The highest BCUT2D eigenvalue weighted by molar-refractivity contribution is 9.10. The van der Waals surface area contributed by atoms with E-state index in [0.717, 1.165) is 55.3 Å². The SMILES string of the molecule is CCc1nncn1CCNC(=NC)NC1CCN(c2ccccc2Br)C1. The molecule has 0 amide bonds. The zero-order valence-corrected chi connectivity index (χ0v) is 16.9. The second kappa shape index (κ2) is 9.02. The van der Waals surface area contributed by atoms with E-state index < -0.39 is 0 Å². The average Bonchev–Trinajstić information content (AvgIpc) is 3.30. The summed E-state index contributed by atoms with van der Waals surface area (Å²) in [6.45, 7) is 5.70. The van der Waals surface area contributed by atoms with Gasteiger partial charge in [0.2, 0.25) is 0 Å². The van der Waals surface area contributed by atoms with Crippen LogP contribution in [-0.4, -0.2) is 53.4 Å². The van der Waals surface area contributed by atoms with E-state index in [4.69, 9.17) is 0 Å². The zero-order chi connectivity index (χ0) is 18.4. The zero-order valence-electron chi connectivity index (χ0n) is 15.3. The summed E-state index contributed by atoms with van der Waals surface area (Å²) in [6, 6.07) is 8.76. The van der Waals surface area contributed by atoms with Crippen molar-refractivity contribution in [2.24, 2.45) is 4.99 Å². The summed E-state index contributed by atoms with van der Waals surface area (Å²) in [4.78, 5) is 6.76. The molecule has 1 aromatic heterocycles. The fraction of sp³-hybridized carbons (Fsp3) is 0.500. The maximum atomic E-state index is 4.35. The number of hydrogen-bond acceptors (Lipinski definition) is 4. The number of aromatic nitrogens is 3. The molecule has 1 aromatic carbocycles. The summed E-state index contributed by atoms with van der Waals surface area (Å²) in [5.41, 5.74) is 1.25. The normalized spacial score (nSPS) is 17.6. The van der Waals surface area contributed by atoms with Gasteiger partial charge < -0.3 is 20.1 Å². The fourth-order valence-electron chi connectivity index (χ4n) is 3.23. The minimum atomic E-state index is 0.384. The molecule has 1 aliphatic rings. The van der Waals surface area contributed by atoms with Crippen molar-refractivity contribution in [2.45, 2.75) is 32.4 Å². The van der Waals surface area contributed by atoms with Gasteiger partial charge in [-0.3, -0.25) is 4.99 Å². The lowest BCUT2D eigenvalue weighted by molar-refractivity contribution is 0.611. The number of benzene rings is 1. The Labute approximate surface area is 163 Å². The highest BCUT2D eigenvalue weighted by atomic mass is 79.9. The van der Waals surface area contributed by atoms with Crippen LogP contribution in [0.2, 0.25) is 0 Å². The van der Waals surface area contributed by atoms with Gasteiger partial charge in [-0.05, 0) is 34.5 Å². The molecular formula is C18H26BrN7. The number of nitrogens with zero attached hydrogens (tertiary/aromatic N) is 5. The Bertz CT molecular complexity index is 743. The third-order valence-corrected chi connectivity index (χ3v) is 5.27. The Hall–Kier alpha value is -2.09. The first-order valence-corrected chi connectivity index (χ1v) is 9.84. The lowest BCUT2D eigenvalue weighted by Crippen LogP contribution is -2.45. The highest BCUT2D eigenvalue weighted by Gasteiger charge is 2.24. The van der Waals surface area contributed by atoms with Gasteiger partial charge in [-0.15, -0.1) is 10.2 Å². The van der Waals surface area contributed by atoms with E-state index in [2.05, 4.69) is 76.3 Å².